The van der Waals surface area contributed by atoms with Gasteiger partial charge in [-0.25, -0.2) is 12.8 Å². The van der Waals surface area contributed by atoms with Crippen LogP contribution in [-0.2, 0) is 32.6 Å². The largest absolute Gasteiger partial charge is 0.352 e. The van der Waals surface area contributed by atoms with E-state index in [1.807, 2.05) is 57.2 Å². The Kier molecular flexibility index (Phi) is 11.3. The molecule has 0 unspecified atom stereocenters. The summed E-state index contributed by atoms with van der Waals surface area (Å²) in [6.07, 6.45) is 5.12. The maximum absolute atomic E-state index is 14.7. The van der Waals surface area contributed by atoms with Crippen LogP contribution in [0.2, 0.25) is 0 Å². The van der Waals surface area contributed by atoms with E-state index in [9.17, 15) is 22.4 Å². The number of benzene rings is 4. The summed E-state index contributed by atoms with van der Waals surface area (Å²) in [5, 5.41) is 3.20. The van der Waals surface area contributed by atoms with Gasteiger partial charge in [0.25, 0.3) is 10.0 Å². The number of hydrogen-bond donors (Lipinski definition) is 1. The van der Waals surface area contributed by atoms with Crippen molar-refractivity contribution in [2.45, 2.75) is 82.8 Å². The Balaban J connectivity index is 1.57. The van der Waals surface area contributed by atoms with Gasteiger partial charge in [0.2, 0.25) is 11.8 Å². The van der Waals surface area contributed by atoms with Gasteiger partial charge < -0.3 is 10.2 Å². The number of nitrogens with one attached hydrogen (secondary N) is 1. The van der Waals surface area contributed by atoms with E-state index in [4.69, 9.17) is 0 Å². The number of sulfonamides is 1. The average Bonchev–Trinajstić information content (AvgIpc) is 3.08. The van der Waals surface area contributed by atoms with Crippen LogP contribution in [0, 0.1) is 26.6 Å². The molecule has 1 atom stereocenters. The highest BCUT2D eigenvalue weighted by molar-refractivity contribution is 7.92. The van der Waals surface area contributed by atoms with Gasteiger partial charge in [-0.3, -0.25) is 13.9 Å². The minimum Gasteiger partial charge on any atom is -0.352 e. The maximum Gasteiger partial charge on any atom is 0.264 e. The first kappa shape index (κ1) is 34.8. The molecular formula is C39H44FN3O4S. The molecular weight excluding hydrogens is 626 g/mol. The van der Waals surface area contributed by atoms with E-state index in [0.717, 1.165) is 58.7 Å². The van der Waals surface area contributed by atoms with Gasteiger partial charge >= 0.3 is 0 Å². The quantitative estimate of drug-likeness (QED) is 0.176. The zero-order valence-electron chi connectivity index (χ0n) is 27.9. The molecule has 1 N–H and O–H groups in total. The van der Waals surface area contributed by atoms with E-state index in [-0.39, 0.29) is 29.8 Å². The first-order valence-electron chi connectivity index (χ1n) is 16.6. The Hall–Kier alpha value is -4.50. The molecule has 0 aliphatic heterocycles. The van der Waals surface area contributed by atoms with E-state index in [1.165, 1.54) is 29.2 Å². The molecule has 0 saturated heterocycles. The van der Waals surface area contributed by atoms with Crippen LogP contribution >= 0.6 is 0 Å². The molecule has 252 valence electrons. The van der Waals surface area contributed by atoms with Gasteiger partial charge in [-0.05, 0) is 92.3 Å². The Morgan fingerprint density at radius 2 is 1.48 bits per heavy atom. The van der Waals surface area contributed by atoms with Crippen LogP contribution in [0.1, 0.15) is 59.9 Å². The van der Waals surface area contributed by atoms with Gasteiger partial charge in [0.05, 0.1) is 10.6 Å². The topological polar surface area (TPSA) is 86.8 Å². The molecule has 1 aliphatic carbocycles. The summed E-state index contributed by atoms with van der Waals surface area (Å²) >= 11 is 0. The van der Waals surface area contributed by atoms with E-state index >= 15 is 0 Å². The number of rotatable bonds is 12. The molecule has 2 amide bonds. The fourth-order valence-electron chi connectivity index (χ4n) is 6.13. The normalized spacial score (nSPS) is 14.2. The number of hydrogen-bond acceptors (Lipinski definition) is 4. The third-order valence-electron chi connectivity index (χ3n) is 9.16. The molecule has 0 aromatic heterocycles. The van der Waals surface area contributed by atoms with Crippen LogP contribution < -0.4 is 9.62 Å². The van der Waals surface area contributed by atoms with Crippen LogP contribution in [0.4, 0.5) is 10.1 Å². The van der Waals surface area contributed by atoms with Crippen molar-refractivity contribution in [1.29, 1.82) is 0 Å². The van der Waals surface area contributed by atoms with E-state index < -0.39 is 34.3 Å². The molecule has 9 heteroatoms. The predicted octanol–water partition coefficient (Wildman–Crippen LogP) is 7.04. The Morgan fingerprint density at radius 1 is 0.812 bits per heavy atom. The minimum atomic E-state index is -4.20. The van der Waals surface area contributed by atoms with E-state index in [1.54, 1.807) is 36.4 Å². The highest BCUT2D eigenvalue weighted by Crippen LogP contribution is 2.27. The van der Waals surface area contributed by atoms with Crippen molar-refractivity contribution in [1.82, 2.24) is 10.2 Å². The van der Waals surface area contributed by atoms with E-state index in [0.29, 0.717) is 11.3 Å². The first-order chi connectivity index (χ1) is 23.0. The molecule has 1 saturated carbocycles. The molecule has 0 radical (unpaired) electrons. The summed E-state index contributed by atoms with van der Waals surface area (Å²) in [4.78, 5) is 30.4. The van der Waals surface area contributed by atoms with Crippen molar-refractivity contribution in [3.05, 3.63) is 131 Å². The number of aryl methyl sites for hydroxylation is 3. The lowest BCUT2D eigenvalue weighted by molar-refractivity contribution is -0.140. The number of halogens is 1. The fourth-order valence-corrected chi connectivity index (χ4v) is 7.54. The lowest BCUT2D eigenvalue weighted by Crippen LogP contribution is -2.55. The summed E-state index contributed by atoms with van der Waals surface area (Å²) in [5.74, 6) is -1.26. The van der Waals surface area contributed by atoms with Gasteiger partial charge in [-0.2, -0.15) is 0 Å². The molecule has 48 heavy (non-hydrogen) atoms. The molecule has 0 bridgehead atoms. The molecule has 0 heterocycles. The molecule has 0 spiro atoms. The molecule has 5 rings (SSSR count). The Morgan fingerprint density at radius 3 is 2.12 bits per heavy atom. The number of anilines is 1. The zero-order chi connectivity index (χ0) is 34.3. The van der Waals surface area contributed by atoms with Gasteiger partial charge in [-0.15, -0.1) is 0 Å². The number of carbonyl (C=O) groups excluding carboxylic acids is 2. The lowest BCUT2D eigenvalue weighted by Gasteiger charge is -2.35. The predicted molar refractivity (Wildman–Crippen MR) is 188 cm³/mol. The molecule has 7 nitrogen and oxygen atoms in total. The Labute approximate surface area is 283 Å². The summed E-state index contributed by atoms with van der Waals surface area (Å²) in [6.45, 7) is 5.15. The van der Waals surface area contributed by atoms with Crippen molar-refractivity contribution in [2.75, 3.05) is 10.8 Å². The summed E-state index contributed by atoms with van der Waals surface area (Å²) in [6, 6.07) is 26.1. The third-order valence-corrected chi connectivity index (χ3v) is 10.9. The standard InChI is InChI=1S/C39H44FN3O4S/c1-28-14-22-36(23-15-28)48(46,47)43(35-21-16-29(2)30(3)24-35)27-38(44)42(26-32-17-19-33(40)20-18-32)37(25-31-10-6-4-7-11-31)39(45)41-34-12-8-5-9-13-34/h4,6-7,10-11,14-24,34,37H,5,8-9,12-13,25-27H2,1-3H3,(H,41,45)/t37-/m1/s1. The number of carbonyl (C=O) groups is 2. The minimum absolute atomic E-state index is 0.00115. The van der Waals surface area contributed by atoms with Gasteiger partial charge in [-0.1, -0.05) is 85.5 Å². The van der Waals surface area contributed by atoms with Crippen LogP contribution in [0.5, 0.6) is 0 Å². The van der Waals surface area contributed by atoms with Crippen molar-refractivity contribution in [3.63, 3.8) is 0 Å². The first-order valence-corrected chi connectivity index (χ1v) is 18.0. The number of nitrogens with zero attached hydrogens (tertiary/aromatic N) is 2. The van der Waals surface area contributed by atoms with Crippen molar-refractivity contribution in [3.8, 4) is 0 Å². The smallest absolute Gasteiger partial charge is 0.264 e. The van der Waals surface area contributed by atoms with Crippen LogP contribution in [-0.4, -0.2) is 43.8 Å². The summed E-state index contributed by atoms with van der Waals surface area (Å²) in [5.41, 5.74) is 4.59. The van der Waals surface area contributed by atoms with Crippen molar-refractivity contribution < 1.29 is 22.4 Å². The second-order valence-corrected chi connectivity index (χ2v) is 14.7. The summed E-state index contributed by atoms with van der Waals surface area (Å²) < 4.78 is 43.6. The van der Waals surface area contributed by atoms with Crippen LogP contribution in [0.15, 0.2) is 102 Å². The van der Waals surface area contributed by atoms with Crippen molar-refractivity contribution in [2.24, 2.45) is 0 Å². The van der Waals surface area contributed by atoms with Gasteiger partial charge in [0.15, 0.2) is 0 Å². The third kappa shape index (κ3) is 8.69. The molecule has 1 fully saturated rings. The molecule has 4 aromatic carbocycles. The lowest BCUT2D eigenvalue weighted by atomic mass is 9.94. The highest BCUT2D eigenvalue weighted by atomic mass is 32.2. The average molecular weight is 670 g/mol. The van der Waals surface area contributed by atoms with Crippen LogP contribution in [0.25, 0.3) is 0 Å². The zero-order valence-corrected chi connectivity index (χ0v) is 28.7. The van der Waals surface area contributed by atoms with Gasteiger partial charge in [0, 0.05) is 19.0 Å². The second kappa shape index (κ2) is 15.6. The van der Waals surface area contributed by atoms with E-state index in [2.05, 4.69) is 5.32 Å². The molecule has 4 aromatic rings. The van der Waals surface area contributed by atoms with Crippen LogP contribution in [0.3, 0.4) is 0 Å². The highest BCUT2D eigenvalue weighted by Gasteiger charge is 2.35. The second-order valence-electron chi connectivity index (χ2n) is 12.8. The number of amides is 2. The molecule has 1 aliphatic rings. The maximum atomic E-state index is 14.7. The monoisotopic (exact) mass is 669 g/mol. The fraction of sp³-hybridized carbons (Fsp3) is 0.333. The van der Waals surface area contributed by atoms with Crippen molar-refractivity contribution >= 4 is 27.5 Å². The SMILES string of the molecule is Cc1ccc(S(=O)(=O)N(CC(=O)N(Cc2ccc(F)cc2)[C@H](Cc2ccccc2)C(=O)NC2CCCCC2)c2ccc(C)c(C)c2)cc1. The van der Waals surface area contributed by atoms with Gasteiger partial charge in [0.1, 0.15) is 18.4 Å². The Bertz CT molecular complexity index is 1810. The summed E-state index contributed by atoms with van der Waals surface area (Å²) in [7, 11) is -4.20.